The van der Waals surface area contributed by atoms with E-state index in [9.17, 15) is 0 Å². The molecule has 2 atom stereocenters. The van der Waals surface area contributed by atoms with E-state index in [2.05, 4.69) is 33.0 Å². The highest BCUT2D eigenvalue weighted by atomic mass is 79.9. The van der Waals surface area contributed by atoms with Crippen LogP contribution >= 0.6 is 27.5 Å². The summed E-state index contributed by atoms with van der Waals surface area (Å²) >= 11 is 9.55. The lowest BCUT2D eigenvalue weighted by atomic mass is 9.91. The minimum atomic E-state index is 0.165. The number of methoxy groups -OCH3 is 1. The van der Waals surface area contributed by atoms with Crippen LogP contribution in [0.15, 0.2) is 22.7 Å². The molecule has 1 aliphatic heterocycles. The summed E-state index contributed by atoms with van der Waals surface area (Å²) in [4.78, 5) is 2.41. The zero-order chi connectivity index (χ0) is 13.8. The predicted molar refractivity (Wildman–Crippen MR) is 82.6 cm³/mol. The van der Waals surface area contributed by atoms with Crippen molar-refractivity contribution in [3.05, 3.63) is 33.3 Å². The quantitative estimate of drug-likeness (QED) is 0.909. The van der Waals surface area contributed by atoms with Crippen molar-refractivity contribution in [2.24, 2.45) is 5.73 Å². The first-order valence-corrected chi connectivity index (χ1v) is 7.74. The summed E-state index contributed by atoms with van der Waals surface area (Å²) in [5, 5.41) is 0.733. The van der Waals surface area contributed by atoms with Gasteiger partial charge in [0.2, 0.25) is 0 Å². The maximum atomic E-state index is 6.33. The number of nitrogens with zero attached hydrogens (tertiary/aromatic N) is 1. The zero-order valence-electron chi connectivity index (χ0n) is 11.1. The molecule has 1 heterocycles. The summed E-state index contributed by atoms with van der Waals surface area (Å²) in [7, 11) is 1.73. The average Bonchev–Trinajstić information content (AvgIpc) is 2.40. The molecule has 19 heavy (non-hydrogen) atoms. The Morgan fingerprint density at radius 3 is 3.00 bits per heavy atom. The van der Waals surface area contributed by atoms with E-state index in [4.69, 9.17) is 22.1 Å². The third-order valence-electron chi connectivity index (χ3n) is 3.65. The molecule has 1 fully saturated rings. The van der Waals surface area contributed by atoms with E-state index in [1.54, 1.807) is 7.11 Å². The highest BCUT2D eigenvalue weighted by Crippen LogP contribution is 2.33. The molecule has 0 spiro atoms. The van der Waals surface area contributed by atoms with Gasteiger partial charge in [-0.25, -0.2) is 0 Å². The molecule has 0 aliphatic carbocycles. The van der Waals surface area contributed by atoms with E-state index >= 15 is 0 Å². The van der Waals surface area contributed by atoms with Gasteiger partial charge in [0, 0.05) is 24.2 Å². The van der Waals surface area contributed by atoms with Gasteiger partial charge in [0.1, 0.15) is 0 Å². The summed E-state index contributed by atoms with van der Waals surface area (Å²) in [6.07, 6.45) is 2.21. The van der Waals surface area contributed by atoms with Crippen molar-refractivity contribution in [3.8, 4) is 0 Å². The van der Waals surface area contributed by atoms with E-state index in [0.29, 0.717) is 0 Å². The van der Waals surface area contributed by atoms with Gasteiger partial charge >= 0.3 is 0 Å². The molecular weight excluding hydrogens is 328 g/mol. The number of halogens is 2. The van der Waals surface area contributed by atoms with Crippen molar-refractivity contribution in [2.75, 3.05) is 26.8 Å². The SMILES string of the molecule is COCCN1CCCC(N)C1c1ccc(Cl)c(Br)c1. The van der Waals surface area contributed by atoms with Crippen LogP contribution < -0.4 is 5.73 Å². The third-order valence-corrected chi connectivity index (χ3v) is 4.86. The molecule has 0 amide bonds. The number of rotatable bonds is 4. The van der Waals surface area contributed by atoms with Crippen molar-refractivity contribution < 1.29 is 4.74 Å². The maximum absolute atomic E-state index is 6.33. The fourth-order valence-electron chi connectivity index (χ4n) is 2.71. The molecule has 5 heteroatoms. The predicted octanol–water partition coefficient (Wildman–Crippen LogP) is 3.21. The lowest BCUT2D eigenvalue weighted by molar-refractivity contribution is 0.0848. The second-order valence-electron chi connectivity index (χ2n) is 4.95. The van der Waals surface area contributed by atoms with E-state index in [0.717, 1.165) is 42.0 Å². The average molecular weight is 348 g/mol. The number of hydrogen-bond donors (Lipinski definition) is 1. The second-order valence-corrected chi connectivity index (χ2v) is 6.21. The number of nitrogens with two attached hydrogens (primary N) is 1. The molecule has 1 saturated heterocycles. The Hall–Kier alpha value is -0.130. The maximum Gasteiger partial charge on any atom is 0.0589 e. The van der Waals surface area contributed by atoms with Crippen molar-refractivity contribution in [2.45, 2.75) is 24.9 Å². The molecule has 0 saturated carbocycles. The van der Waals surface area contributed by atoms with Gasteiger partial charge in [-0.1, -0.05) is 17.7 Å². The van der Waals surface area contributed by atoms with E-state index in [-0.39, 0.29) is 12.1 Å². The van der Waals surface area contributed by atoms with Crippen LogP contribution in [-0.4, -0.2) is 37.7 Å². The number of benzene rings is 1. The lowest BCUT2D eigenvalue weighted by Gasteiger charge is -2.40. The summed E-state index contributed by atoms with van der Waals surface area (Å²) < 4.78 is 6.12. The van der Waals surface area contributed by atoms with Crippen LogP contribution in [0.4, 0.5) is 0 Å². The highest BCUT2D eigenvalue weighted by molar-refractivity contribution is 9.10. The summed E-state index contributed by atoms with van der Waals surface area (Å²) in [5.41, 5.74) is 7.55. The molecule has 0 radical (unpaired) electrons. The summed E-state index contributed by atoms with van der Waals surface area (Å²) in [5.74, 6) is 0. The van der Waals surface area contributed by atoms with Gasteiger partial charge in [0.05, 0.1) is 17.7 Å². The van der Waals surface area contributed by atoms with Crippen molar-refractivity contribution in [3.63, 3.8) is 0 Å². The van der Waals surface area contributed by atoms with Gasteiger partial charge in [-0.3, -0.25) is 4.90 Å². The second kappa shape index (κ2) is 7.04. The van der Waals surface area contributed by atoms with E-state index in [1.165, 1.54) is 5.56 Å². The topological polar surface area (TPSA) is 38.5 Å². The summed E-state index contributed by atoms with van der Waals surface area (Å²) in [6, 6.07) is 6.49. The van der Waals surface area contributed by atoms with Crippen LogP contribution in [0.2, 0.25) is 5.02 Å². The smallest absolute Gasteiger partial charge is 0.0589 e. The largest absolute Gasteiger partial charge is 0.383 e. The Labute approximate surface area is 128 Å². The molecule has 0 bridgehead atoms. The molecule has 0 aromatic heterocycles. The molecule has 106 valence electrons. The standard InChI is InChI=1S/C14H20BrClN2O/c1-19-8-7-18-6-2-3-13(17)14(18)10-4-5-12(16)11(15)9-10/h4-5,9,13-14H,2-3,6-8,17H2,1H3. The Balaban J connectivity index is 2.22. The Kier molecular flexibility index (Phi) is 5.66. The van der Waals surface area contributed by atoms with Crippen LogP contribution in [0, 0.1) is 0 Å². The van der Waals surface area contributed by atoms with Crippen molar-refractivity contribution >= 4 is 27.5 Å². The molecule has 1 aromatic rings. The van der Waals surface area contributed by atoms with Gasteiger partial charge in [0.25, 0.3) is 0 Å². The van der Waals surface area contributed by atoms with Crippen molar-refractivity contribution in [1.29, 1.82) is 0 Å². The minimum absolute atomic E-state index is 0.165. The molecule has 3 nitrogen and oxygen atoms in total. The van der Waals surface area contributed by atoms with Crippen LogP contribution in [0.5, 0.6) is 0 Å². The molecule has 2 unspecified atom stereocenters. The van der Waals surface area contributed by atoms with Gasteiger partial charge < -0.3 is 10.5 Å². The van der Waals surface area contributed by atoms with Crippen LogP contribution in [0.25, 0.3) is 0 Å². The minimum Gasteiger partial charge on any atom is -0.383 e. The number of likely N-dealkylation sites (tertiary alicyclic amines) is 1. The Bertz CT molecular complexity index is 430. The first kappa shape index (κ1) is 15.3. The molecule has 1 aromatic carbocycles. The van der Waals surface area contributed by atoms with E-state index in [1.807, 2.05) is 6.07 Å². The van der Waals surface area contributed by atoms with Crippen molar-refractivity contribution in [1.82, 2.24) is 4.90 Å². The highest BCUT2D eigenvalue weighted by Gasteiger charge is 2.30. The zero-order valence-corrected chi connectivity index (χ0v) is 13.5. The lowest BCUT2D eigenvalue weighted by Crippen LogP contribution is -2.46. The molecule has 2 rings (SSSR count). The Morgan fingerprint density at radius 2 is 2.32 bits per heavy atom. The van der Waals surface area contributed by atoms with Gasteiger partial charge in [-0.05, 0) is 53.0 Å². The van der Waals surface area contributed by atoms with Crippen LogP contribution in [0.3, 0.4) is 0 Å². The van der Waals surface area contributed by atoms with E-state index < -0.39 is 0 Å². The number of hydrogen-bond acceptors (Lipinski definition) is 3. The molecule has 2 N–H and O–H groups in total. The van der Waals surface area contributed by atoms with Crippen LogP contribution in [0.1, 0.15) is 24.4 Å². The normalized spacial score (nSPS) is 24.6. The van der Waals surface area contributed by atoms with Gasteiger partial charge in [-0.15, -0.1) is 0 Å². The summed E-state index contributed by atoms with van der Waals surface area (Å²) in [6.45, 7) is 2.72. The molecule has 1 aliphatic rings. The third kappa shape index (κ3) is 3.70. The fraction of sp³-hybridized carbons (Fsp3) is 0.571. The Morgan fingerprint density at radius 1 is 1.53 bits per heavy atom. The van der Waals surface area contributed by atoms with Gasteiger partial charge in [-0.2, -0.15) is 0 Å². The fourth-order valence-corrected chi connectivity index (χ4v) is 3.23. The molecular formula is C14H20BrClN2O. The first-order chi connectivity index (χ1) is 9.13. The number of ether oxygens (including phenoxy) is 1. The van der Waals surface area contributed by atoms with Gasteiger partial charge in [0.15, 0.2) is 0 Å². The monoisotopic (exact) mass is 346 g/mol. The number of piperidine rings is 1. The van der Waals surface area contributed by atoms with Crippen LogP contribution in [-0.2, 0) is 4.74 Å². The first-order valence-electron chi connectivity index (χ1n) is 6.57.